The van der Waals surface area contributed by atoms with Gasteiger partial charge in [-0.1, -0.05) is 12.1 Å². The molecular formula is C19H20F3N3O5S. The van der Waals surface area contributed by atoms with Crippen LogP contribution in [0.1, 0.15) is 11.1 Å². The van der Waals surface area contributed by atoms with Crippen LogP contribution in [0.15, 0.2) is 47.6 Å². The predicted molar refractivity (Wildman–Crippen MR) is 109 cm³/mol. The largest absolute Gasteiger partial charge is 0.493 e. The zero-order valence-electron chi connectivity index (χ0n) is 16.8. The smallest absolute Gasteiger partial charge is 0.416 e. The molecule has 0 aliphatic carbocycles. The number of carbonyl (C=O) groups excluding carboxylic acids is 1. The summed E-state index contributed by atoms with van der Waals surface area (Å²) in [7, 11) is -1.18. The van der Waals surface area contributed by atoms with Gasteiger partial charge in [0, 0.05) is 5.56 Å². The van der Waals surface area contributed by atoms with Gasteiger partial charge >= 0.3 is 6.18 Å². The minimum atomic E-state index is -4.67. The molecule has 0 aliphatic heterocycles. The van der Waals surface area contributed by atoms with E-state index in [0.29, 0.717) is 27.4 Å². The van der Waals surface area contributed by atoms with Crippen LogP contribution >= 0.6 is 0 Å². The molecule has 0 atom stereocenters. The molecule has 1 amide bonds. The number of ether oxygens (including phenoxy) is 2. The Morgan fingerprint density at radius 2 is 1.84 bits per heavy atom. The van der Waals surface area contributed by atoms with Crippen LogP contribution in [0.25, 0.3) is 0 Å². The standard InChI is InChI=1S/C19H20F3N3O5S/c1-29-16-9-4-6-13(18(16)30-2)11-23-24-17(26)12-25(31(3,27)28)15-8-5-7-14(10-15)19(20,21)22/h4-11H,12H2,1-3H3,(H,24,26)/b23-11-. The molecule has 8 nitrogen and oxygen atoms in total. The van der Waals surface area contributed by atoms with E-state index in [-0.39, 0.29) is 5.69 Å². The fourth-order valence-corrected chi connectivity index (χ4v) is 3.44. The van der Waals surface area contributed by atoms with Gasteiger partial charge in [-0.2, -0.15) is 18.3 Å². The highest BCUT2D eigenvalue weighted by atomic mass is 32.2. The van der Waals surface area contributed by atoms with E-state index in [0.717, 1.165) is 24.5 Å². The van der Waals surface area contributed by atoms with Crippen molar-refractivity contribution in [2.45, 2.75) is 6.18 Å². The maximum atomic E-state index is 12.9. The molecule has 168 valence electrons. The molecular weight excluding hydrogens is 439 g/mol. The minimum Gasteiger partial charge on any atom is -0.493 e. The van der Waals surface area contributed by atoms with E-state index in [1.54, 1.807) is 18.2 Å². The molecule has 0 saturated heterocycles. The van der Waals surface area contributed by atoms with Crippen LogP contribution in [0, 0.1) is 0 Å². The molecule has 1 N–H and O–H groups in total. The van der Waals surface area contributed by atoms with Crippen molar-refractivity contribution in [3.8, 4) is 11.5 Å². The summed E-state index contributed by atoms with van der Waals surface area (Å²) in [4.78, 5) is 12.2. The Kier molecular flexibility index (Phi) is 7.50. The number of halogens is 3. The van der Waals surface area contributed by atoms with Crippen molar-refractivity contribution in [3.05, 3.63) is 53.6 Å². The highest BCUT2D eigenvalue weighted by Crippen LogP contribution is 2.32. The molecule has 0 bridgehead atoms. The first kappa shape index (κ1) is 24.0. The Bertz CT molecular complexity index is 1070. The Morgan fingerprint density at radius 3 is 2.42 bits per heavy atom. The van der Waals surface area contributed by atoms with E-state index < -0.39 is 34.2 Å². The molecule has 0 saturated carbocycles. The van der Waals surface area contributed by atoms with E-state index in [1.165, 1.54) is 20.4 Å². The number of anilines is 1. The molecule has 2 rings (SSSR count). The van der Waals surface area contributed by atoms with Crippen molar-refractivity contribution in [1.29, 1.82) is 0 Å². The van der Waals surface area contributed by atoms with Crippen LogP contribution in [-0.2, 0) is 21.0 Å². The number of methoxy groups -OCH3 is 2. The maximum Gasteiger partial charge on any atom is 0.416 e. The van der Waals surface area contributed by atoms with E-state index in [2.05, 4.69) is 10.5 Å². The zero-order valence-corrected chi connectivity index (χ0v) is 17.6. The second-order valence-corrected chi connectivity index (χ2v) is 8.10. The molecule has 0 radical (unpaired) electrons. The maximum absolute atomic E-state index is 12.9. The number of hydrazone groups is 1. The Balaban J connectivity index is 2.19. The summed E-state index contributed by atoms with van der Waals surface area (Å²) in [6.45, 7) is -0.771. The van der Waals surface area contributed by atoms with Crippen LogP contribution in [0.5, 0.6) is 11.5 Å². The van der Waals surface area contributed by atoms with Gasteiger partial charge in [0.05, 0.1) is 37.9 Å². The Hall–Kier alpha value is -3.28. The number of hydrogen-bond acceptors (Lipinski definition) is 6. The molecule has 0 spiro atoms. The van der Waals surface area contributed by atoms with Gasteiger partial charge in [-0.3, -0.25) is 9.10 Å². The van der Waals surface area contributed by atoms with Crippen LogP contribution in [0.3, 0.4) is 0 Å². The number of benzene rings is 2. The lowest BCUT2D eigenvalue weighted by molar-refractivity contribution is -0.137. The molecule has 2 aromatic carbocycles. The first-order chi connectivity index (χ1) is 14.5. The molecule has 0 fully saturated rings. The van der Waals surface area contributed by atoms with E-state index in [9.17, 15) is 26.4 Å². The Labute approximate surface area is 177 Å². The second kappa shape index (κ2) is 9.69. The van der Waals surface area contributed by atoms with Crippen molar-refractivity contribution >= 4 is 27.8 Å². The van der Waals surface area contributed by atoms with Gasteiger partial charge in [-0.05, 0) is 30.3 Å². The lowest BCUT2D eigenvalue weighted by Gasteiger charge is -2.22. The molecule has 0 aromatic heterocycles. The fraction of sp³-hybridized carbons (Fsp3) is 0.263. The number of nitrogens with one attached hydrogen (secondary N) is 1. The monoisotopic (exact) mass is 459 g/mol. The van der Waals surface area contributed by atoms with Crippen LogP contribution < -0.4 is 19.2 Å². The van der Waals surface area contributed by atoms with Crippen LogP contribution in [0.2, 0.25) is 0 Å². The summed E-state index contributed by atoms with van der Waals surface area (Å²) in [6.07, 6.45) is -2.62. The molecule has 0 aliphatic rings. The third-order valence-electron chi connectivity index (χ3n) is 3.98. The van der Waals surface area contributed by atoms with Gasteiger partial charge in [0.1, 0.15) is 6.54 Å². The average molecular weight is 459 g/mol. The number of sulfonamides is 1. The molecule has 12 heteroatoms. The number of rotatable bonds is 8. The topological polar surface area (TPSA) is 97.3 Å². The summed E-state index contributed by atoms with van der Waals surface area (Å²) in [6, 6.07) is 8.64. The summed E-state index contributed by atoms with van der Waals surface area (Å²) in [5, 5.41) is 3.75. The van der Waals surface area contributed by atoms with Gasteiger partial charge in [0.15, 0.2) is 11.5 Å². The number of alkyl halides is 3. The van der Waals surface area contributed by atoms with Crippen molar-refractivity contribution in [2.24, 2.45) is 5.10 Å². The van der Waals surface area contributed by atoms with Gasteiger partial charge in [-0.25, -0.2) is 13.8 Å². The van der Waals surface area contributed by atoms with Crippen LogP contribution in [-0.4, -0.2) is 47.6 Å². The molecule has 0 heterocycles. The average Bonchev–Trinajstić information content (AvgIpc) is 2.70. The van der Waals surface area contributed by atoms with Crippen molar-refractivity contribution < 1.29 is 35.9 Å². The number of carbonyl (C=O) groups is 1. The zero-order chi connectivity index (χ0) is 23.2. The summed E-state index contributed by atoms with van der Waals surface area (Å²) in [5.41, 5.74) is 1.28. The number of para-hydroxylation sites is 1. The first-order valence-corrected chi connectivity index (χ1v) is 10.5. The summed E-state index contributed by atoms with van der Waals surface area (Å²) < 4.78 is 73.9. The highest BCUT2D eigenvalue weighted by molar-refractivity contribution is 7.92. The minimum absolute atomic E-state index is 0.300. The van der Waals surface area contributed by atoms with E-state index >= 15 is 0 Å². The predicted octanol–water partition coefficient (Wildman–Crippen LogP) is 2.64. The highest BCUT2D eigenvalue weighted by Gasteiger charge is 2.32. The number of nitrogens with zero attached hydrogens (tertiary/aromatic N) is 2. The molecule has 2 aromatic rings. The number of hydrogen-bond donors (Lipinski definition) is 1. The third kappa shape index (κ3) is 6.35. The van der Waals surface area contributed by atoms with Crippen LogP contribution in [0.4, 0.5) is 18.9 Å². The lowest BCUT2D eigenvalue weighted by atomic mass is 10.2. The SMILES string of the molecule is COc1cccc(/C=N\NC(=O)CN(c2cccc(C(F)(F)F)c2)S(C)(=O)=O)c1OC. The van der Waals surface area contributed by atoms with Gasteiger partial charge in [0.25, 0.3) is 5.91 Å². The van der Waals surface area contributed by atoms with Crippen molar-refractivity contribution in [2.75, 3.05) is 31.3 Å². The first-order valence-electron chi connectivity index (χ1n) is 8.65. The normalized spacial score (nSPS) is 11.9. The summed E-state index contributed by atoms with van der Waals surface area (Å²) >= 11 is 0. The quantitative estimate of drug-likeness (QED) is 0.484. The van der Waals surface area contributed by atoms with E-state index in [1.807, 2.05) is 0 Å². The third-order valence-corrected chi connectivity index (χ3v) is 5.12. The van der Waals surface area contributed by atoms with Gasteiger partial charge in [0.2, 0.25) is 10.0 Å². The van der Waals surface area contributed by atoms with Crippen molar-refractivity contribution in [3.63, 3.8) is 0 Å². The van der Waals surface area contributed by atoms with Gasteiger partial charge in [-0.15, -0.1) is 0 Å². The van der Waals surface area contributed by atoms with Gasteiger partial charge < -0.3 is 9.47 Å². The summed E-state index contributed by atoms with van der Waals surface area (Å²) in [5.74, 6) is -0.0590. The molecule has 31 heavy (non-hydrogen) atoms. The molecule has 0 unspecified atom stereocenters. The second-order valence-electron chi connectivity index (χ2n) is 6.19. The van der Waals surface area contributed by atoms with Crippen molar-refractivity contribution in [1.82, 2.24) is 5.43 Å². The number of amides is 1. The Morgan fingerprint density at radius 1 is 1.16 bits per heavy atom. The van der Waals surface area contributed by atoms with E-state index in [4.69, 9.17) is 9.47 Å². The fourth-order valence-electron chi connectivity index (χ4n) is 2.59. The lowest BCUT2D eigenvalue weighted by Crippen LogP contribution is -2.39.